The van der Waals surface area contributed by atoms with Crippen LogP contribution >= 0.6 is 0 Å². The molecule has 0 saturated carbocycles. The first-order valence-corrected chi connectivity index (χ1v) is 3.45. The van der Waals surface area contributed by atoms with Gasteiger partial charge >= 0.3 is 6.47 Å². The molecule has 58 valence electrons. The van der Waals surface area contributed by atoms with E-state index < -0.39 is 0 Å². The monoisotopic (exact) mass is 143 g/mol. The molecule has 0 aromatic carbocycles. The highest BCUT2D eigenvalue weighted by Gasteiger charge is 2.12. The first-order valence-electron chi connectivity index (χ1n) is 3.45. The highest BCUT2D eigenvalue weighted by atomic mass is 16.7. The van der Waals surface area contributed by atoms with Crippen molar-refractivity contribution in [3.63, 3.8) is 0 Å². The molecular weight excluding hydrogens is 130 g/mol. The molecular formula is C7H13NO2. The van der Waals surface area contributed by atoms with Gasteiger partial charge < -0.3 is 4.84 Å². The van der Waals surface area contributed by atoms with Gasteiger partial charge in [-0.05, 0) is 17.8 Å². The lowest BCUT2D eigenvalue weighted by Gasteiger charge is -2.14. The van der Waals surface area contributed by atoms with Gasteiger partial charge in [0.2, 0.25) is 0 Å². The molecule has 0 spiro atoms. The largest absolute Gasteiger partial charge is 0.439 e. The minimum atomic E-state index is 0.112. The van der Waals surface area contributed by atoms with Crippen molar-refractivity contribution in [1.82, 2.24) is 5.48 Å². The SMILES string of the molecule is CCC([N]O[C]=O)C(C)C. The van der Waals surface area contributed by atoms with Crippen LogP contribution in [0.4, 0.5) is 0 Å². The van der Waals surface area contributed by atoms with E-state index >= 15 is 0 Å². The Morgan fingerprint density at radius 2 is 2.20 bits per heavy atom. The lowest BCUT2D eigenvalue weighted by molar-refractivity contribution is 0.0997. The van der Waals surface area contributed by atoms with E-state index in [4.69, 9.17) is 0 Å². The zero-order valence-electron chi connectivity index (χ0n) is 6.63. The summed E-state index contributed by atoms with van der Waals surface area (Å²) in [5, 5.41) is 0. The molecule has 3 heteroatoms. The predicted molar refractivity (Wildman–Crippen MR) is 37.8 cm³/mol. The maximum absolute atomic E-state index is 9.61. The standard InChI is InChI=1S/C7H13NO2/c1-4-7(6(2)3)8-10-5-9/h6-7H,4H2,1-3H3. The van der Waals surface area contributed by atoms with Crippen molar-refractivity contribution >= 4 is 6.47 Å². The van der Waals surface area contributed by atoms with Crippen LogP contribution < -0.4 is 5.48 Å². The summed E-state index contributed by atoms with van der Waals surface area (Å²) < 4.78 is 0. The van der Waals surface area contributed by atoms with Crippen molar-refractivity contribution in [3.05, 3.63) is 0 Å². The lowest BCUT2D eigenvalue weighted by atomic mass is 10.0. The maximum atomic E-state index is 9.61. The van der Waals surface area contributed by atoms with Crippen LogP contribution in [-0.4, -0.2) is 12.5 Å². The predicted octanol–water partition coefficient (Wildman–Crippen LogP) is 1.02. The minimum absolute atomic E-state index is 0.112. The molecule has 0 aromatic heterocycles. The van der Waals surface area contributed by atoms with Crippen LogP contribution in [0, 0.1) is 5.92 Å². The summed E-state index contributed by atoms with van der Waals surface area (Å²) in [5.41, 5.74) is 3.64. The Hall–Kier alpha value is -0.570. The van der Waals surface area contributed by atoms with Crippen molar-refractivity contribution < 1.29 is 9.63 Å². The summed E-state index contributed by atoms with van der Waals surface area (Å²) >= 11 is 0. The quantitative estimate of drug-likeness (QED) is 0.539. The van der Waals surface area contributed by atoms with Crippen LogP contribution in [0.15, 0.2) is 0 Å². The van der Waals surface area contributed by atoms with Crippen LogP contribution in [0.1, 0.15) is 27.2 Å². The van der Waals surface area contributed by atoms with Gasteiger partial charge in [-0.3, -0.25) is 0 Å². The Balaban J connectivity index is 3.49. The molecule has 0 aliphatic heterocycles. The van der Waals surface area contributed by atoms with E-state index in [-0.39, 0.29) is 6.04 Å². The van der Waals surface area contributed by atoms with Gasteiger partial charge in [-0.15, -0.1) is 0 Å². The van der Waals surface area contributed by atoms with E-state index in [1.165, 1.54) is 6.47 Å². The highest BCUT2D eigenvalue weighted by Crippen LogP contribution is 2.05. The molecule has 0 N–H and O–H groups in total. The normalized spacial score (nSPS) is 13.2. The minimum Gasteiger partial charge on any atom is -0.340 e. The zero-order chi connectivity index (χ0) is 7.98. The summed E-state index contributed by atoms with van der Waals surface area (Å²) in [6.07, 6.45) is 0.888. The molecule has 1 unspecified atom stereocenters. The number of nitrogens with zero attached hydrogens (tertiary/aromatic N) is 1. The van der Waals surface area contributed by atoms with Gasteiger partial charge in [0.15, 0.2) is 0 Å². The summed E-state index contributed by atoms with van der Waals surface area (Å²) in [6.45, 7) is 7.34. The zero-order valence-corrected chi connectivity index (χ0v) is 6.63. The van der Waals surface area contributed by atoms with E-state index in [0.717, 1.165) is 6.42 Å². The molecule has 0 saturated heterocycles. The Bertz CT molecular complexity index is 93.6. The topological polar surface area (TPSA) is 40.4 Å². The summed E-state index contributed by atoms with van der Waals surface area (Å²) in [5.74, 6) is 0.415. The smallest absolute Gasteiger partial charge is 0.340 e. The van der Waals surface area contributed by atoms with Gasteiger partial charge in [0.05, 0.1) is 6.04 Å². The molecule has 0 amide bonds. The molecule has 1 atom stereocenters. The van der Waals surface area contributed by atoms with Gasteiger partial charge in [0.1, 0.15) is 0 Å². The third-order valence-corrected chi connectivity index (χ3v) is 1.41. The van der Waals surface area contributed by atoms with Crippen LogP contribution in [0.25, 0.3) is 0 Å². The third kappa shape index (κ3) is 3.45. The molecule has 3 nitrogen and oxygen atoms in total. The Morgan fingerprint density at radius 3 is 2.50 bits per heavy atom. The van der Waals surface area contributed by atoms with Crippen LogP contribution in [-0.2, 0) is 9.63 Å². The highest BCUT2D eigenvalue weighted by molar-refractivity contribution is 5.37. The number of rotatable bonds is 5. The van der Waals surface area contributed by atoms with Gasteiger partial charge in [0, 0.05) is 0 Å². The van der Waals surface area contributed by atoms with E-state index in [0.29, 0.717) is 5.92 Å². The maximum Gasteiger partial charge on any atom is 0.439 e. The molecule has 0 aromatic rings. The molecule has 0 fully saturated rings. The van der Waals surface area contributed by atoms with Gasteiger partial charge in [-0.25, -0.2) is 4.79 Å². The van der Waals surface area contributed by atoms with Gasteiger partial charge in [-0.2, -0.15) is 0 Å². The average molecular weight is 143 g/mol. The van der Waals surface area contributed by atoms with Crippen LogP contribution in [0.2, 0.25) is 0 Å². The number of hydrogen-bond donors (Lipinski definition) is 0. The molecule has 2 radical (unpaired) electrons. The number of carbonyl (C=O) groups excluding carboxylic acids is 1. The second-order valence-electron chi connectivity index (χ2n) is 2.50. The fraction of sp³-hybridized carbons (Fsp3) is 0.857. The first kappa shape index (κ1) is 9.43. The van der Waals surface area contributed by atoms with Crippen molar-refractivity contribution in [3.8, 4) is 0 Å². The second-order valence-corrected chi connectivity index (χ2v) is 2.50. The molecule has 0 bridgehead atoms. The summed E-state index contributed by atoms with van der Waals surface area (Å²) in [6, 6.07) is 0.112. The summed E-state index contributed by atoms with van der Waals surface area (Å²) in [7, 11) is 0. The van der Waals surface area contributed by atoms with E-state index in [2.05, 4.69) is 10.3 Å². The Kier molecular flexibility index (Phi) is 4.94. The third-order valence-electron chi connectivity index (χ3n) is 1.41. The average Bonchev–Trinajstić information content (AvgIpc) is 1.89. The lowest BCUT2D eigenvalue weighted by Crippen LogP contribution is -2.26. The summed E-state index contributed by atoms with van der Waals surface area (Å²) in [4.78, 5) is 13.8. The van der Waals surface area contributed by atoms with Crippen molar-refractivity contribution in [2.75, 3.05) is 0 Å². The van der Waals surface area contributed by atoms with Crippen LogP contribution in [0.3, 0.4) is 0 Å². The fourth-order valence-electron chi connectivity index (χ4n) is 0.757. The first-order chi connectivity index (χ1) is 4.72. The fourth-order valence-corrected chi connectivity index (χ4v) is 0.757. The molecule has 10 heavy (non-hydrogen) atoms. The molecule has 0 heterocycles. The van der Waals surface area contributed by atoms with Crippen LogP contribution in [0.5, 0.6) is 0 Å². The van der Waals surface area contributed by atoms with E-state index in [1.54, 1.807) is 0 Å². The Morgan fingerprint density at radius 1 is 1.60 bits per heavy atom. The van der Waals surface area contributed by atoms with Crippen molar-refractivity contribution in [1.29, 1.82) is 0 Å². The molecule has 0 aliphatic rings. The number of hydrogen-bond acceptors (Lipinski definition) is 2. The van der Waals surface area contributed by atoms with E-state index in [1.807, 2.05) is 20.8 Å². The molecule has 0 rings (SSSR count). The van der Waals surface area contributed by atoms with Crippen molar-refractivity contribution in [2.24, 2.45) is 5.92 Å². The van der Waals surface area contributed by atoms with Gasteiger partial charge in [-0.1, -0.05) is 20.8 Å². The van der Waals surface area contributed by atoms with Crippen molar-refractivity contribution in [2.45, 2.75) is 33.2 Å². The molecule has 0 aliphatic carbocycles. The van der Waals surface area contributed by atoms with Gasteiger partial charge in [0.25, 0.3) is 0 Å². The second kappa shape index (κ2) is 5.23. The Labute approximate surface area is 61.7 Å². The van der Waals surface area contributed by atoms with E-state index in [9.17, 15) is 4.79 Å². The number of hydroxylamine groups is 1.